The van der Waals surface area contributed by atoms with Gasteiger partial charge >= 0.3 is 0 Å². The van der Waals surface area contributed by atoms with Gasteiger partial charge in [0, 0.05) is 31.6 Å². The van der Waals surface area contributed by atoms with Gasteiger partial charge in [0.05, 0.1) is 5.69 Å². The standard InChI is InChI=1S/C13H21N3O/c1-9-3-2-6-16-12(14)11(15-13(9)16)10-4-7-17-8-5-10/h9-10H,2-8,14H2,1H3. The lowest BCUT2D eigenvalue weighted by Crippen LogP contribution is -2.16. The molecule has 1 unspecified atom stereocenters. The van der Waals surface area contributed by atoms with Crippen molar-refractivity contribution in [1.82, 2.24) is 9.55 Å². The van der Waals surface area contributed by atoms with E-state index in [0.29, 0.717) is 11.8 Å². The van der Waals surface area contributed by atoms with Crippen LogP contribution in [0.3, 0.4) is 0 Å². The minimum Gasteiger partial charge on any atom is -0.384 e. The second-order valence-corrected chi connectivity index (χ2v) is 5.32. The Morgan fingerprint density at radius 3 is 2.76 bits per heavy atom. The Labute approximate surface area is 102 Å². The van der Waals surface area contributed by atoms with E-state index in [-0.39, 0.29) is 0 Å². The van der Waals surface area contributed by atoms with Gasteiger partial charge in [-0.3, -0.25) is 0 Å². The molecule has 17 heavy (non-hydrogen) atoms. The van der Waals surface area contributed by atoms with E-state index >= 15 is 0 Å². The summed E-state index contributed by atoms with van der Waals surface area (Å²) in [6.07, 6.45) is 4.59. The molecule has 1 aromatic heterocycles. The van der Waals surface area contributed by atoms with E-state index in [4.69, 9.17) is 15.5 Å². The number of nitrogen functional groups attached to an aromatic ring is 1. The minimum atomic E-state index is 0.508. The Morgan fingerprint density at radius 2 is 2.06 bits per heavy atom. The summed E-state index contributed by atoms with van der Waals surface area (Å²) in [5.74, 6) is 3.18. The van der Waals surface area contributed by atoms with E-state index in [9.17, 15) is 0 Å². The van der Waals surface area contributed by atoms with E-state index in [2.05, 4.69) is 11.5 Å². The molecule has 2 aliphatic heterocycles. The number of fused-ring (bicyclic) bond motifs is 1. The van der Waals surface area contributed by atoms with Crippen LogP contribution in [-0.2, 0) is 11.3 Å². The van der Waals surface area contributed by atoms with Crippen LogP contribution in [0, 0.1) is 0 Å². The van der Waals surface area contributed by atoms with E-state index in [0.717, 1.165) is 44.1 Å². The van der Waals surface area contributed by atoms with Crippen LogP contribution in [0.1, 0.15) is 56.0 Å². The lowest BCUT2D eigenvalue weighted by atomic mass is 9.96. The first-order valence-electron chi connectivity index (χ1n) is 6.71. The molecule has 1 saturated heterocycles. The molecule has 3 rings (SSSR count). The van der Waals surface area contributed by atoms with Crippen LogP contribution in [0.15, 0.2) is 0 Å². The highest BCUT2D eigenvalue weighted by molar-refractivity contribution is 5.42. The molecule has 0 radical (unpaired) electrons. The summed E-state index contributed by atoms with van der Waals surface area (Å²) in [6, 6.07) is 0. The summed E-state index contributed by atoms with van der Waals surface area (Å²) < 4.78 is 7.64. The van der Waals surface area contributed by atoms with Gasteiger partial charge in [-0.25, -0.2) is 4.98 Å². The molecule has 0 aromatic carbocycles. The van der Waals surface area contributed by atoms with Gasteiger partial charge in [-0.1, -0.05) is 6.92 Å². The number of ether oxygens (including phenoxy) is 1. The largest absolute Gasteiger partial charge is 0.384 e. The monoisotopic (exact) mass is 235 g/mol. The van der Waals surface area contributed by atoms with Crippen molar-refractivity contribution in [2.24, 2.45) is 0 Å². The van der Waals surface area contributed by atoms with E-state index in [1.807, 2.05) is 0 Å². The zero-order chi connectivity index (χ0) is 11.8. The fourth-order valence-electron chi connectivity index (χ4n) is 3.07. The van der Waals surface area contributed by atoms with Gasteiger partial charge in [0.15, 0.2) is 0 Å². The smallest absolute Gasteiger partial charge is 0.127 e. The zero-order valence-electron chi connectivity index (χ0n) is 10.5. The highest BCUT2D eigenvalue weighted by Gasteiger charge is 2.27. The van der Waals surface area contributed by atoms with Gasteiger partial charge in [-0.15, -0.1) is 0 Å². The van der Waals surface area contributed by atoms with Gasteiger partial charge in [-0.05, 0) is 25.7 Å². The highest BCUT2D eigenvalue weighted by atomic mass is 16.5. The Kier molecular flexibility index (Phi) is 2.82. The molecule has 1 atom stereocenters. The predicted molar refractivity (Wildman–Crippen MR) is 67.1 cm³/mol. The number of hydrogen-bond acceptors (Lipinski definition) is 3. The maximum absolute atomic E-state index is 6.28. The number of hydrogen-bond donors (Lipinski definition) is 1. The van der Waals surface area contributed by atoms with Crippen molar-refractivity contribution in [3.8, 4) is 0 Å². The van der Waals surface area contributed by atoms with Crippen LogP contribution in [0.4, 0.5) is 5.82 Å². The zero-order valence-corrected chi connectivity index (χ0v) is 10.5. The first-order chi connectivity index (χ1) is 8.27. The van der Waals surface area contributed by atoms with Crippen LogP contribution in [0.5, 0.6) is 0 Å². The molecule has 0 spiro atoms. The van der Waals surface area contributed by atoms with Crippen LogP contribution < -0.4 is 5.73 Å². The fraction of sp³-hybridized carbons (Fsp3) is 0.769. The number of anilines is 1. The Bertz CT molecular complexity index is 407. The predicted octanol–water partition coefficient (Wildman–Crippen LogP) is 2.26. The quantitative estimate of drug-likeness (QED) is 0.812. The van der Waals surface area contributed by atoms with E-state index in [1.165, 1.54) is 18.7 Å². The van der Waals surface area contributed by atoms with Crippen LogP contribution in [-0.4, -0.2) is 22.8 Å². The molecular weight excluding hydrogens is 214 g/mol. The third-order valence-electron chi connectivity index (χ3n) is 4.13. The van der Waals surface area contributed by atoms with Gasteiger partial charge in [-0.2, -0.15) is 0 Å². The fourth-order valence-corrected chi connectivity index (χ4v) is 3.07. The summed E-state index contributed by atoms with van der Waals surface area (Å²) in [5, 5.41) is 0. The minimum absolute atomic E-state index is 0.508. The normalized spacial score (nSPS) is 25.8. The Morgan fingerprint density at radius 1 is 1.29 bits per heavy atom. The number of aromatic nitrogens is 2. The highest BCUT2D eigenvalue weighted by Crippen LogP contribution is 2.35. The lowest BCUT2D eigenvalue weighted by Gasteiger charge is -2.21. The van der Waals surface area contributed by atoms with Gasteiger partial charge in [0.1, 0.15) is 11.6 Å². The molecular formula is C13H21N3O. The summed E-state index contributed by atoms with van der Waals surface area (Å²) in [5.41, 5.74) is 7.41. The van der Waals surface area contributed by atoms with Crippen LogP contribution in [0.2, 0.25) is 0 Å². The average Bonchev–Trinajstić information content (AvgIpc) is 2.70. The summed E-state index contributed by atoms with van der Waals surface area (Å²) in [6.45, 7) is 5.00. The molecule has 0 amide bonds. The topological polar surface area (TPSA) is 53.1 Å². The van der Waals surface area contributed by atoms with Crippen molar-refractivity contribution < 1.29 is 4.74 Å². The molecule has 1 fully saturated rings. The van der Waals surface area contributed by atoms with Gasteiger partial charge in [0.2, 0.25) is 0 Å². The molecule has 2 N–H and O–H groups in total. The molecule has 94 valence electrons. The maximum atomic E-state index is 6.28. The summed E-state index contributed by atoms with van der Waals surface area (Å²) >= 11 is 0. The first-order valence-corrected chi connectivity index (χ1v) is 6.71. The lowest BCUT2D eigenvalue weighted by molar-refractivity contribution is 0.0847. The Hall–Kier alpha value is -1.03. The number of nitrogens with zero attached hydrogens (tertiary/aromatic N) is 2. The number of rotatable bonds is 1. The molecule has 2 aliphatic rings. The Balaban J connectivity index is 1.94. The molecule has 1 aromatic rings. The summed E-state index contributed by atoms with van der Waals surface area (Å²) in [4.78, 5) is 4.84. The third-order valence-corrected chi connectivity index (χ3v) is 4.13. The van der Waals surface area contributed by atoms with Crippen LogP contribution >= 0.6 is 0 Å². The molecule has 3 heterocycles. The number of imidazole rings is 1. The van der Waals surface area contributed by atoms with Crippen molar-refractivity contribution in [3.63, 3.8) is 0 Å². The SMILES string of the molecule is CC1CCCn2c1nc(C1CCOCC1)c2N. The van der Waals surface area contributed by atoms with Crippen molar-refractivity contribution in [3.05, 3.63) is 11.5 Å². The van der Waals surface area contributed by atoms with Gasteiger partial charge in [0.25, 0.3) is 0 Å². The van der Waals surface area contributed by atoms with Crippen LogP contribution in [0.25, 0.3) is 0 Å². The first kappa shape index (κ1) is 11.1. The van der Waals surface area contributed by atoms with Crippen molar-refractivity contribution in [2.45, 2.75) is 51.0 Å². The molecule has 0 aliphatic carbocycles. The maximum Gasteiger partial charge on any atom is 0.127 e. The molecule has 4 nitrogen and oxygen atoms in total. The number of nitrogens with two attached hydrogens (primary N) is 1. The average molecular weight is 235 g/mol. The van der Waals surface area contributed by atoms with Crippen molar-refractivity contribution >= 4 is 5.82 Å². The van der Waals surface area contributed by atoms with Gasteiger partial charge < -0.3 is 15.0 Å². The van der Waals surface area contributed by atoms with Crippen molar-refractivity contribution in [1.29, 1.82) is 0 Å². The third kappa shape index (κ3) is 1.84. The molecule has 0 bridgehead atoms. The second-order valence-electron chi connectivity index (χ2n) is 5.32. The molecule has 4 heteroatoms. The second kappa shape index (κ2) is 4.33. The molecule has 0 saturated carbocycles. The van der Waals surface area contributed by atoms with E-state index < -0.39 is 0 Å². The van der Waals surface area contributed by atoms with E-state index in [1.54, 1.807) is 0 Å². The van der Waals surface area contributed by atoms with Crippen molar-refractivity contribution in [2.75, 3.05) is 18.9 Å². The summed E-state index contributed by atoms with van der Waals surface area (Å²) in [7, 11) is 0.